The van der Waals surface area contributed by atoms with E-state index in [1.807, 2.05) is 0 Å². The lowest BCUT2D eigenvalue weighted by molar-refractivity contribution is 0.345. The van der Waals surface area contributed by atoms with E-state index in [1.54, 1.807) is 18.2 Å². The van der Waals surface area contributed by atoms with E-state index in [0.29, 0.717) is 16.6 Å². The Hall–Kier alpha value is -0.140. The van der Waals surface area contributed by atoms with Crippen LogP contribution in [0.4, 0.5) is 0 Å². The highest BCUT2D eigenvalue weighted by atomic mass is 79.9. The number of piperidine rings is 1. The average molecular weight is 380 g/mol. The maximum Gasteiger partial charge on any atom is 0.242 e. The Bertz CT molecular complexity index is 611. The van der Waals surface area contributed by atoms with E-state index < -0.39 is 10.0 Å². The molecule has 0 amide bonds. The molecule has 0 spiro atoms. The van der Waals surface area contributed by atoms with E-state index in [9.17, 15) is 8.42 Å². The van der Waals surface area contributed by atoms with Gasteiger partial charge in [-0.1, -0.05) is 27.5 Å². The van der Waals surface area contributed by atoms with Gasteiger partial charge in [0.05, 0.1) is 5.02 Å². The van der Waals surface area contributed by atoms with Gasteiger partial charge < -0.3 is 5.32 Å². The van der Waals surface area contributed by atoms with E-state index in [-0.39, 0.29) is 16.0 Å². The van der Waals surface area contributed by atoms with Crippen LogP contribution in [0, 0.1) is 0 Å². The second-order valence-electron chi connectivity index (χ2n) is 5.50. The first kappa shape index (κ1) is 14.8. The third-order valence-corrected chi connectivity index (χ3v) is 6.47. The van der Waals surface area contributed by atoms with Crippen LogP contribution in [0.2, 0.25) is 5.02 Å². The largest absolute Gasteiger partial charge is 0.311 e. The van der Waals surface area contributed by atoms with Crippen LogP contribution in [-0.2, 0) is 10.0 Å². The van der Waals surface area contributed by atoms with Crippen molar-refractivity contribution in [3.05, 3.63) is 27.7 Å². The summed E-state index contributed by atoms with van der Waals surface area (Å²) in [5.74, 6) is 0. The van der Waals surface area contributed by atoms with Crippen LogP contribution in [0.25, 0.3) is 0 Å². The van der Waals surface area contributed by atoms with Crippen LogP contribution >= 0.6 is 27.5 Å². The fourth-order valence-corrected chi connectivity index (χ4v) is 5.42. The molecule has 2 atom stereocenters. The Morgan fingerprint density at radius 2 is 1.90 bits per heavy atom. The molecular weight excluding hydrogens is 364 g/mol. The minimum absolute atomic E-state index is 0.00574. The first-order valence-electron chi connectivity index (χ1n) is 6.67. The summed E-state index contributed by atoms with van der Waals surface area (Å²) in [6, 6.07) is 5.74. The van der Waals surface area contributed by atoms with Gasteiger partial charge in [-0.05, 0) is 43.9 Å². The molecule has 2 bridgehead atoms. The molecule has 2 saturated heterocycles. The van der Waals surface area contributed by atoms with E-state index in [4.69, 9.17) is 11.6 Å². The van der Waals surface area contributed by atoms with E-state index in [1.165, 1.54) is 0 Å². The number of hydrogen-bond acceptors (Lipinski definition) is 3. The number of sulfonamides is 1. The Balaban J connectivity index is 1.80. The molecular formula is C13H16BrClN2O2S. The van der Waals surface area contributed by atoms with E-state index in [2.05, 4.69) is 26.0 Å². The van der Waals surface area contributed by atoms with Crippen molar-refractivity contribution in [3.63, 3.8) is 0 Å². The van der Waals surface area contributed by atoms with Gasteiger partial charge in [0.1, 0.15) is 4.90 Å². The SMILES string of the molecule is O=S(=O)(NC1CC2CCC(C1)N2)c1cc(Br)ccc1Cl. The number of rotatable bonds is 3. The fraction of sp³-hybridized carbons (Fsp3) is 0.538. The lowest BCUT2D eigenvalue weighted by atomic mass is 10.0. The predicted molar refractivity (Wildman–Crippen MR) is 82.4 cm³/mol. The van der Waals surface area contributed by atoms with Crippen LogP contribution in [0.5, 0.6) is 0 Å². The zero-order chi connectivity index (χ0) is 14.3. The summed E-state index contributed by atoms with van der Waals surface area (Å²) < 4.78 is 28.4. The molecule has 2 unspecified atom stereocenters. The Labute approximate surface area is 132 Å². The van der Waals surface area contributed by atoms with E-state index >= 15 is 0 Å². The molecule has 110 valence electrons. The minimum Gasteiger partial charge on any atom is -0.311 e. The van der Waals surface area contributed by atoms with Gasteiger partial charge in [-0.2, -0.15) is 0 Å². The molecule has 0 aliphatic carbocycles. The van der Waals surface area contributed by atoms with Gasteiger partial charge in [0.2, 0.25) is 10.0 Å². The average Bonchev–Trinajstić information content (AvgIpc) is 2.71. The number of fused-ring (bicyclic) bond motifs is 2. The zero-order valence-electron chi connectivity index (χ0n) is 10.8. The third-order valence-electron chi connectivity index (χ3n) is 3.98. The van der Waals surface area contributed by atoms with Crippen molar-refractivity contribution >= 4 is 37.6 Å². The molecule has 3 rings (SSSR count). The quantitative estimate of drug-likeness (QED) is 0.849. The van der Waals surface area contributed by atoms with Crippen LogP contribution in [-0.4, -0.2) is 26.5 Å². The van der Waals surface area contributed by atoms with Gasteiger partial charge in [0.15, 0.2) is 0 Å². The van der Waals surface area contributed by atoms with Crippen molar-refractivity contribution in [2.75, 3.05) is 0 Å². The summed E-state index contributed by atoms with van der Waals surface area (Å²) >= 11 is 9.30. The molecule has 2 fully saturated rings. The van der Waals surface area contributed by atoms with Crippen LogP contribution < -0.4 is 10.0 Å². The second-order valence-corrected chi connectivity index (χ2v) is 8.51. The summed E-state index contributed by atoms with van der Waals surface area (Å²) in [5.41, 5.74) is 0. The molecule has 20 heavy (non-hydrogen) atoms. The third kappa shape index (κ3) is 3.04. The smallest absolute Gasteiger partial charge is 0.242 e. The number of hydrogen-bond donors (Lipinski definition) is 2. The summed E-state index contributed by atoms with van der Waals surface area (Å²) in [4.78, 5) is 0.138. The van der Waals surface area contributed by atoms with Crippen molar-refractivity contribution < 1.29 is 8.42 Å². The lowest BCUT2D eigenvalue weighted by Gasteiger charge is -2.29. The molecule has 1 aromatic rings. The Kier molecular flexibility index (Phi) is 4.12. The summed E-state index contributed by atoms with van der Waals surface area (Å²) in [6.45, 7) is 0. The molecule has 2 heterocycles. The summed E-state index contributed by atoms with van der Waals surface area (Å²) in [5, 5.41) is 3.75. The molecule has 2 aliphatic rings. The molecule has 4 nitrogen and oxygen atoms in total. The molecule has 0 saturated carbocycles. The van der Waals surface area contributed by atoms with Gasteiger partial charge in [0, 0.05) is 22.6 Å². The Morgan fingerprint density at radius 1 is 1.25 bits per heavy atom. The van der Waals surface area contributed by atoms with Crippen LogP contribution in [0.3, 0.4) is 0 Å². The predicted octanol–water partition coefficient (Wildman–Crippen LogP) is 2.66. The maximum absolute atomic E-state index is 12.5. The molecule has 2 aliphatic heterocycles. The van der Waals surface area contributed by atoms with Crippen molar-refractivity contribution in [1.29, 1.82) is 0 Å². The minimum atomic E-state index is -3.57. The molecule has 7 heteroatoms. The number of nitrogens with one attached hydrogen (secondary N) is 2. The molecule has 0 aromatic heterocycles. The first-order chi connectivity index (χ1) is 9.44. The second kappa shape index (κ2) is 5.57. The van der Waals surface area contributed by atoms with Crippen LogP contribution in [0.15, 0.2) is 27.6 Å². The Morgan fingerprint density at radius 3 is 2.55 bits per heavy atom. The van der Waals surface area contributed by atoms with Crippen LogP contribution in [0.1, 0.15) is 25.7 Å². The molecule has 1 aromatic carbocycles. The zero-order valence-corrected chi connectivity index (χ0v) is 13.9. The van der Waals surface area contributed by atoms with Crippen molar-refractivity contribution in [1.82, 2.24) is 10.0 Å². The van der Waals surface area contributed by atoms with Gasteiger partial charge in [-0.25, -0.2) is 13.1 Å². The molecule has 0 radical (unpaired) electrons. The standard InChI is InChI=1S/C13H16BrClN2O2S/c14-8-1-4-12(15)13(5-8)20(18,19)17-11-6-9-2-3-10(7-11)16-9/h1,4-5,9-11,16-17H,2-3,6-7H2. The summed E-state index contributed by atoms with van der Waals surface area (Å²) in [6.07, 6.45) is 3.98. The number of benzene rings is 1. The number of halogens is 2. The van der Waals surface area contributed by atoms with Crippen molar-refractivity contribution in [3.8, 4) is 0 Å². The molecule has 2 N–H and O–H groups in total. The first-order valence-corrected chi connectivity index (χ1v) is 9.33. The lowest BCUT2D eigenvalue weighted by Crippen LogP contribution is -2.47. The van der Waals surface area contributed by atoms with Crippen molar-refractivity contribution in [2.45, 2.75) is 48.7 Å². The van der Waals surface area contributed by atoms with Gasteiger partial charge in [-0.15, -0.1) is 0 Å². The highest BCUT2D eigenvalue weighted by Crippen LogP contribution is 2.29. The topological polar surface area (TPSA) is 58.2 Å². The van der Waals surface area contributed by atoms with Gasteiger partial charge in [0.25, 0.3) is 0 Å². The highest BCUT2D eigenvalue weighted by molar-refractivity contribution is 9.10. The maximum atomic E-state index is 12.5. The van der Waals surface area contributed by atoms with Crippen molar-refractivity contribution in [2.24, 2.45) is 0 Å². The fourth-order valence-electron chi connectivity index (χ4n) is 3.12. The van der Waals surface area contributed by atoms with Gasteiger partial charge in [-0.3, -0.25) is 0 Å². The van der Waals surface area contributed by atoms with Gasteiger partial charge >= 0.3 is 0 Å². The highest BCUT2D eigenvalue weighted by Gasteiger charge is 2.35. The summed E-state index contributed by atoms with van der Waals surface area (Å²) in [7, 11) is -3.57. The normalized spacial score (nSPS) is 29.6. The monoisotopic (exact) mass is 378 g/mol. The van der Waals surface area contributed by atoms with E-state index in [0.717, 1.165) is 25.7 Å².